The summed E-state index contributed by atoms with van der Waals surface area (Å²) in [5, 5.41) is 20.4. The van der Waals surface area contributed by atoms with E-state index in [9.17, 15) is 15.4 Å². The maximum atomic E-state index is 11.0. The Balaban J connectivity index is 2.23. The third-order valence-corrected chi connectivity index (χ3v) is 4.26. The summed E-state index contributed by atoms with van der Waals surface area (Å²) in [4.78, 5) is 11.0. The normalized spacial score (nSPS) is 13.1. The van der Waals surface area contributed by atoms with E-state index < -0.39 is 10.5 Å². The van der Waals surface area contributed by atoms with Crippen molar-refractivity contribution in [2.24, 2.45) is 5.73 Å². The number of nitro groups is 1. The largest absolute Gasteiger partial charge is 0.309 e. The number of nitrogens with zero attached hydrogens (tertiary/aromatic N) is 2. The molecule has 106 valence electrons. The Morgan fingerprint density at radius 1 is 1.19 bits per heavy atom. The minimum Gasteiger partial charge on any atom is -0.309 e. The monoisotopic (exact) mass is 299 g/mol. The highest BCUT2D eigenvalue weighted by Gasteiger charge is 2.28. The van der Waals surface area contributed by atoms with E-state index in [0.29, 0.717) is 10.5 Å². The molecule has 0 bridgehead atoms. The van der Waals surface area contributed by atoms with Gasteiger partial charge in [0.2, 0.25) is 0 Å². The van der Waals surface area contributed by atoms with Crippen LogP contribution in [0.15, 0.2) is 59.5 Å². The molecular weight excluding hydrogens is 286 g/mol. The summed E-state index contributed by atoms with van der Waals surface area (Å²) in [7, 11) is 0. The van der Waals surface area contributed by atoms with Gasteiger partial charge in [0.15, 0.2) is 0 Å². The van der Waals surface area contributed by atoms with Gasteiger partial charge in [-0.15, -0.1) is 11.8 Å². The molecule has 0 amide bonds. The quantitative estimate of drug-likeness (QED) is 0.520. The molecule has 1 unspecified atom stereocenters. The topological polar surface area (TPSA) is 93.0 Å². The molecule has 0 aromatic heterocycles. The smallest absolute Gasteiger partial charge is 0.282 e. The number of hydrogen-bond donors (Lipinski definition) is 1. The number of para-hydroxylation sites is 1. The van der Waals surface area contributed by atoms with E-state index >= 15 is 0 Å². The third kappa shape index (κ3) is 3.40. The molecule has 0 saturated heterocycles. The molecule has 21 heavy (non-hydrogen) atoms. The molecule has 0 aliphatic carbocycles. The Labute approximate surface area is 126 Å². The highest BCUT2D eigenvalue weighted by atomic mass is 32.2. The van der Waals surface area contributed by atoms with Crippen molar-refractivity contribution in [2.45, 2.75) is 10.4 Å². The molecule has 1 atom stereocenters. The molecular formula is C15H13N3O2S. The number of rotatable bonds is 5. The van der Waals surface area contributed by atoms with Crippen molar-refractivity contribution in [1.29, 1.82) is 5.26 Å². The first kappa shape index (κ1) is 15.0. The lowest BCUT2D eigenvalue weighted by molar-refractivity contribution is -0.387. The average Bonchev–Trinajstić information content (AvgIpc) is 2.53. The molecule has 5 nitrogen and oxygen atoms in total. The Kier molecular flexibility index (Phi) is 4.58. The maximum Gasteiger partial charge on any atom is 0.282 e. The van der Waals surface area contributed by atoms with E-state index in [1.54, 1.807) is 30.3 Å². The first-order chi connectivity index (χ1) is 10.1. The lowest BCUT2D eigenvalue weighted by atomic mass is 9.95. The first-order valence-corrected chi connectivity index (χ1v) is 7.17. The second-order valence-electron chi connectivity index (χ2n) is 4.46. The lowest BCUT2D eigenvalue weighted by Gasteiger charge is -2.21. The Hall–Kier alpha value is -2.36. The van der Waals surface area contributed by atoms with Gasteiger partial charge in [0.05, 0.1) is 15.9 Å². The number of benzene rings is 2. The van der Waals surface area contributed by atoms with Crippen molar-refractivity contribution in [1.82, 2.24) is 0 Å². The predicted octanol–water partition coefficient (Wildman–Crippen LogP) is 3.06. The van der Waals surface area contributed by atoms with Crippen molar-refractivity contribution in [2.75, 3.05) is 5.75 Å². The van der Waals surface area contributed by atoms with Crippen LogP contribution in [-0.4, -0.2) is 10.7 Å². The van der Waals surface area contributed by atoms with Gasteiger partial charge in [0.1, 0.15) is 5.54 Å². The Morgan fingerprint density at radius 3 is 2.43 bits per heavy atom. The highest BCUT2D eigenvalue weighted by Crippen LogP contribution is 2.33. The van der Waals surface area contributed by atoms with Crippen LogP contribution < -0.4 is 5.73 Å². The summed E-state index contributed by atoms with van der Waals surface area (Å²) >= 11 is 1.21. The van der Waals surface area contributed by atoms with Gasteiger partial charge in [-0.1, -0.05) is 42.5 Å². The maximum absolute atomic E-state index is 11.0. The molecule has 0 heterocycles. The summed E-state index contributed by atoms with van der Waals surface area (Å²) in [5.41, 5.74) is 5.67. The number of nitriles is 1. The van der Waals surface area contributed by atoms with Crippen LogP contribution in [0.25, 0.3) is 0 Å². The van der Waals surface area contributed by atoms with Crippen molar-refractivity contribution in [3.8, 4) is 6.07 Å². The van der Waals surface area contributed by atoms with Gasteiger partial charge in [-0.3, -0.25) is 10.1 Å². The molecule has 2 aromatic carbocycles. The lowest BCUT2D eigenvalue weighted by Crippen LogP contribution is -2.37. The van der Waals surface area contributed by atoms with E-state index in [0.717, 1.165) is 0 Å². The standard InChI is InChI=1S/C15H13N3O2S/c16-10-15(17,12-6-2-1-3-7-12)11-21-14-9-5-4-8-13(14)18(19)20/h1-9H,11,17H2. The second-order valence-corrected chi connectivity index (χ2v) is 5.48. The molecule has 2 N–H and O–H groups in total. The summed E-state index contributed by atoms with van der Waals surface area (Å²) in [6, 6.07) is 17.6. The van der Waals surface area contributed by atoms with Crippen LogP contribution >= 0.6 is 11.8 Å². The second kappa shape index (κ2) is 6.39. The van der Waals surface area contributed by atoms with Gasteiger partial charge >= 0.3 is 0 Å². The van der Waals surface area contributed by atoms with Crippen molar-refractivity contribution in [3.05, 3.63) is 70.3 Å². The zero-order valence-electron chi connectivity index (χ0n) is 11.1. The van der Waals surface area contributed by atoms with E-state index in [1.165, 1.54) is 17.8 Å². The molecule has 6 heteroatoms. The summed E-state index contributed by atoms with van der Waals surface area (Å²) in [5.74, 6) is 0.234. The van der Waals surface area contributed by atoms with Crippen LogP contribution in [-0.2, 0) is 5.54 Å². The first-order valence-electron chi connectivity index (χ1n) is 6.19. The van der Waals surface area contributed by atoms with Crippen LogP contribution in [0.4, 0.5) is 5.69 Å². The fourth-order valence-electron chi connectivity index (χ4n) is 1.84. The zero-order chi connectivity index (χ0) is 15.3. The zero-order valence-corrected chi connectivity index (χ0v) is 11.9. The van der Waals surface area contributed by atoms with Crippen LogP contribution in [0.5, 0.6) is 0 Å². The van der Waals surface area contributed by atoms with Gasteiger partial charge in [-0.25, -0.2) is 0 Å². The molecule has 2 aromatic rings. The molecule has 0 spiro atoms. The Morgan fingerprint density at radius 2 is 1.81 bits per heavy atom. The molecule has 2 rings (SSSR count). The van der Waals surface area contributed by atoms with Gasteiger partial charge in [-0.05, 0) is 11.6 Å². The molecule has 0 aliphatic rings. The van der Waals surface area contributed by atoms with Crippen molar-refractivity contribution in [3.63, 3.8) is 0 Å². The van der Waals surface area contributed by atoms with E-state index in [2.05, 4.69) is 6.07 Å². The fourth-order valence-corrected chi connectivity index (χ4v) is 2.92. The highest BCUT2D eigenvalue weighted by molar-refractivity contribution is 7.99. The molecule has 0 radical (unpaired) electrons. The molecule has 0 fully saturated rings. The van der Waals surface area contributed by atoms with Crippen LogP contribution in [0.3, 0.4) is 0 Å². The molecule has 0 aliphatic heterocycles. The number of thioether (sulfide) groups is 1. The minimum atomic E-state index is -1.18. The van der Waals surface area contributed by atoms with Crippen LogP contribution in [0, 0.1) is 21.4 Å². The van der Waals surface area contributed by atoms with E-state index in [4.69, 9.17) is 5.73 Å². The van der Waals surface area contributed by atoms with Crippen molar-refractivity contribution >= 4 is 17.4 Å². The Bertz CT molecular complexity index is 685. The van der Waals surface area contributed by atoms with Gasteiger partial charge < -0.3 is 5.73 Å². The SMILES string of the molecule is N#CC(N)(CSc1ccccc1[N+](=O)[O-])c1ccccc1. The molecule has 0 saturated carbocycles. The van der Waals surface area contributed by atoms with E-state index in [-0.39, 0.29) is 11.4 Å². The van der Waals surface area contributed by atoms with Crippen molar-refractivity contribution < 1.29 is 4.92 Å². The minimum absolute atomic E-state index is 0.0239. The van der Waals surface area contributed by atoms with Crippen LogP contribution in [0.1, 0.15) is 5.56 Å². The third-order valence-electron chi connectivity index (χ3n) is 3.01. The number of nitro benzene ring substituents is 1. The van der Waals surface area contributed by atoms with E-state index in [1.807, 2.05) is 18.2 Å². The number of hydrogen-bond acceptors (Lipinski definition) is 5. The average molecular weight is 299 g/mol. The summed E-state index contributed by atoms with van der Waals surface area (Å²) < 4.78 is 0. The fraction of sp³-hybridized carbons (Fsp3) is 0.133. The van der Waals surface area contributed by atoms with Crippen LogP contribution in [0.2, 0.25) is 0 Å². The predicted molar refractivity (Wildman–Crippen MR) is 81.7 cm³/mol. The number of nitrogens with two attached hydrogens (primary N) is 1. The summed E-state index contributed by atoms with van der Waals surface area (Å²) in [6.45, 7) is 0. The van der Waals surface area contributed by atoms with Gasteiger partial charge in [0.25, 0.3) is 5.69 Å². The van der Waals surface area contributed by atoms with Gasteiger partial charge in [-0.2, -0.15) is 5.26 Å². The summed E-state index contributed by atoms with van der Waals surface area (Å²) in [6.07, 6.45) is 0. The van der Waals surface area contributed by atoms with Gasteiger partial charge in [0, 0.05) is 11.8 Å².